The number of methoxy groups -OCH3 is 1. The molecule has 4 rings (SSSR count). The lowest BCUT2D eigenvalue weighted by atomic mass is 10.1. The Morgan fingerprint density at radius 1 is 1.00 bits per heavy atom. The predicted octanol–water partition coefficient (Wildman–Crippen LogP) is 5.06. The van der Waals surface area contributed by atoms with E-state index in [0.717, 1.165) is 0 Å². The van der Waals surface area contributed by atoms with Gasteiger partial charge in [0.2, 0.25) is 11.7 Å². The lowest BCUT2D eigenvalue weighted by Crippen LogP contribution is -2.08. The zero-order valence-electron chi connectivity index (χ0n) is 16.2. The Morgan fingerprint density at radius 3 is 2.50 bits per heavy atom. The molecule has 7 nitrogen and oxygen atoms in total. The molecule has 0 aliphatic heterocycles. The molecule has 0 saturated heterocycles. The highest BCUT2D eigenvalue weighted by atomic mass is 19.1. The van der Waals surface area contributed by atoms with Gasteiger partial charge in [0.25, 0.3) is 5.89 Å². The molecule has 1 atom stereocenters. The van der Waals surface area contributed by atoms with Gasteiger partial charge in [-0.3, -0.25) is 0 Å². The van der Waals surface area contributed by atoms with Crippen LogP contribution in [0.2, 0.25) is 0 Å². The first-order chi connectivity index (χ1) is 14.5. The average molecular weight is 408 g/mol. The van der Waals surface area contributed by atoms with Crippen LogP contribution in [0.5, 0.6) is 5.75 Å². The van der Waals surface area contributed by atoms with Crippen molar-refractivity contribution in [2.75, 3.05) is 7.11 Å². The fraction of sp³-hybridized carbons (Fsp3) is 0.136. The number of benzene rings is 2. The molecule has 152 valence electrons. The summed E-state index contributed by atoms with van der Waals surface area (Å²) in [5.41, 5.74) is 0.958. The van der Waals surface area contributed by atoms with Crippen molar-refractivity contribution in [2.24, 2.45) is 0 Å². The van der Waals surface area contributed by atoms with E-state index in [4.69, 9.17) is 18.3 Å². The first-order valence-corrected chi connectivity index (χ1v) is 9.08. The van der Waals surface area contributed by atoms with Crippen LogP contribution < -0.4 is 4.74 Å². The second kappa shape index (κ2) is 8.20. The zero-order chi connectivity index (χ0) is 21.1. The lowest BCUT2D eigenvalue weighted by Gasteiger charge is -2.07. The van der Waals surface area contributed by atoms with Crippen LogP contribution in [0.3, 0.4) is 0 Å². The monoisotopic (exact) mass is 408 g/mol. The first kappa shape index (κ1) is 19.4. The normalized spacial score (nSPS) is 11.8. The quantitative estimate of drug-likeness (QED) is 0.412. The summed E-state index contributed by atoms with van der Waals surface area (Å²) in [5, 5.41) is 7.92. The third kappa shape index (κ3) is 3.93. The third-order valence-corrected chi connectivity index (χ3v) is 4.36. The van der Waals surface area contributed by atoms with E-state index in [-0.39, 0.29) is 28.9 Å². The maximum absolute atomic E-state index is 13.9. The number of aromatic nitrogens is 2. The fourth-order valence-corrected chi connectivity index (χ4v) is 2.77. The maximum atomic E-state index is 13.9. The Labute approximate surface area is 171 Å². The smallest absolute Gasteiger partial charge is 0.375 e. The van der Waals surface area contributed by atoms with Crippen LogP contribution in [0.25, 0.3) is 22.8 Å². The van der Waals surface area contributed by atoms with E-state index in [1.165, 1.54) is 18.2 Å². The molecule has 0 bridgehead atoms. The summed E-state index contributed by atoms with van der Waals surface area (Å²) >= 11 is 0. The number of esters is 1. The van der Waals surface area contributed by atoms with Crippen molar-refractivity contribution >= 4 is 5.97 Å². The van der Waals surface area contributed by atoms with E-state index in [1.54, 1.807) is 56.5 Å². The maximum Gasteiger partial charge on any atom is 0.375 e. The van der Waals surface area contributed by atoms with Crippen LogP contribution in [-0.4, -0.2) is 23.3 Å². The molecule has 0 spiro atoms. The van der Waals surface area contributed by atoms with Crippen molar-refractivity contribution < 1.29 is 27.5 Å². The van der Waals surface area contributed by atoms with Gasteiger partial charge in [-0.1, -0.05) is 12.1 Å². The summed E-state index contributed by atoms with van der Waals surface area (Å²) in [5.74, 6) is 0.119. The van der Waals surface area contributed by atoms with Gasteiger partial charge in [0.05, 0.1) is 12.7 Å². The highest BCUT2D eigenvalue weighted by molar-refractivity contribution is 5.87. The Balaban J connectivity index is 1.45. The van der Waals surface area contributed by atoms with Gasteiger partial charge in [0.1, 0.15) is 17.3 Å². The first-order valence-electron chi connectivity index (χ1n) is 9.08. The predicted molar refractivity (Wildman–Crippen MR) is 104 cm³/mol. The van der Waals surface area contributed by atoms with Crippen LogP contribution in [-0.2, 0) is 4.74 Å². The Morgan fingerprint density at radius 2 is 1.77 bits per heavy atom. The number of carbonyl (C=O) groups is 1. The van der Waals surface area contributed by atoms with Gasteiger partial charge in [-0.05, 0) is 55.5 Å². The molecule has 30 heavy (non-hydrogen) atoms. The topological polar surface area (TPSA) is 87.6 Å². The standard InChI is InChI=1S/C22H17FN2O5/c1-13(20-24-25-21(30-20)14-7-9-15(27-2)10-8-14)28-22(26)19-12-11-18(29-19)16-5-3-4-6-17(16)23/h3-13H,1-2H3/t13-/m0/s1. The molecule has 2 aromatic heterocycles. The molecule has 2 aromatic carbocycles. The molecule has 0 radical (unpaired) electrons. The van der Waals surface area contributed by atoms with E-state index in [2.05, 4.69) is 10.2 Å². The minimum atomic E-state index is -0.806. The van der Waals surface area contributed by atoms with Gasteiger partial charge in [-0.25, -0.2) is 9.18 Å². The summed E-state index contributed by atoms with van der Waals surface area (Å²) < 4.78 is 35.4. The molecule has 0 aliphatic carbocycles. The Kier molecular flexibility index (Phi) is 5.30. The highest BCUT2D eigenvalue weighted by Crippen LogP contribution is 2.27. The second-order valence-electron chi connectivity index (χ2n) is 6.37. The van der Waals surface area contributed by atoms with Crippen molar-refractivity contribution in [3.05, 3.63) is 78.1 Å². The van der Waals surface area contributed by atoms with Crippen LogP contribution in [0.4, 0.5) is 4.39 Å². The summed E-state index contributed by atoms with van der Waals surface area (Å²) in [4.78, 5) is 12.4. The van der Waals surface area contributed by atoms with E-state index in [9.17, 15) is 9.18 Å². The molecule has 0 aliphatic rings. The van der Waals surface area contributed by atoms with Crippen molar-refractivity contribution in [2.45, 2.75) is 13.0 Å². The number of nitrogens with zero attached hydrogens (tertiary/aromatic N) is 2. The molecule has 0 fully saturated rings. The summed E-state index contributed by atoms with van der Waals surface area (Å²) in [6, 6.07) is 16.2. The minimum Gasteiger partial charge on any atom is -0.497 e. The fourth-order valence-electron chi connectivity index (χ4n) is 2.77. The molecular weight excluding hydrogens is 391 g/mol. The SMILES string of the molecule is COc1ccc(-c2nnc([C@H](C)OC(=O)c3ccc(-c4ccccc4F)o3)o2)cc1. The highest BCUT2D eigenvalue weighted by Gasteiger charge is 2.22. The number of hydrogen-bond acceptors (Lipinski definition) is 7. The summed E-state index contributed by atoms with van der Waals surface area (Å²) in [6.07, 6.45) is -0.806. The number of rotatable bonds is 6. The third-order valence-electron chi connectivity index (χ3n) is 4.36. The summed E-state index contributed by atoms with van der Waals surface area (Å²) in [7, 11) is 1.58. The van der Waals surface area contributed by atoms with Gasteiger partial charge in [-0.2, -0.15) is 0 Å². The van der Waals surface area contributed by atoms with E-state index in [1.807, 2.05) is 0 Å². The summed E-state index contributed by atoms with van der Waals surface area (Å²) in [6.45, 7) is 1.60. The largest absolute Gasteiger partial charge is 0.497 e. The van der Waals surface area contributed by atoms with E-state index < -0.39 is 17.9 Å². The van der Waals surface area contributed by atoms with Gasteiger partial charge in [0, 0.05) is 5.56 Å². The number of furan rings is 1. The molecule has 0 N–H and O–H groups in total. The minimum absolute atomic E-state index is 0.0602. The van der Waals surface area contributed by atoms with Crippen LogP contribution >= 0.6 is 0 Å². The zero-order valence-corrected chi connectivity index (χ0v) is 16.2. The number of ether oxygens (including phenoxy) is 2. The van der Waals surface area contributed by atoms with Gasteiger partial charge in [-0.15, -0.1) is 10.2 Å². The molecule has 0 amide bonds. The van der Waals surface area contributed by atoms with Crippen LogP contribution in [0, 0.1) is 5.82 Å². The number of hydrogen-bond donors (Lipinski definition) is 0. The number of carbonyl (C=O) groups excluding carboxylic acids is 1. The molecule has 4 aromatic rings. The van der Waals surface area contributed by atoms with Gasteiger partial charge >= 0.3 is 5.97 Å². The van der Waals surface area contributed by atoms with Crippen molar-refractivity contribution in [1.82, 2.24) is 10.2 Å². The Bertz CT molecular complexity index is 1170. The van der Waals surface area contributed by atoms with Crippen LogP contribution in [0.15, 0.2) is 69.5 Å². The second-order valence-corrected chi connectivity index (χ2v) is 6.37. The molecule has 2 heterocycles. The van der Waals surface area contributed by atoms with Crippen LogP contribution in [0.1, 0.15) is 29.5 Å². The van der Waals surface area contributed by atoms with Crippen molar-refractivity contribution in [1.29, 1.82) is 0 Å². The van der Waals surface area contributed by atoms with Crippen molar-refractivity contribution in [3.8, 4) is 28.5 Å². The van der Waals surface area contributed by atoms with E-state index in [0.29, 0.717) is 11.3 Å². The molecule has 8 heteroatoms. The van der Waals surface area contributed by atoms with Gasteiger partial charge in [0.15, 0.2) is 6.10 Å². The lowest BCUT2D eigenvalue weighted by molar-refractivity contribution is 0.0245. The van der Waals surface area contributed by atoms with E-state index >= 15 is 0 Å². The van der Waals surface area contributed by atoms with Gasteiger partial charge < -0.3 is 18.3 Å². The van der Waals surface area contributed by atoms with Crippen molar-refractivity contribution in [3.63, 3.8) is 0 Å². The number of halogens is 1. The average Bonchev–Trinajstić information content (AvgIpc) is 3.44. The molecule has 0 saturated carbocycles. The molecular formula is C22H17FN2O5. The molecule has 0 unspecified atom stereocenters. The Hall–Kier alpha value is -3.94.